The normalized spacial score (nSPS) is 12.9. The molecule has 1 atom stereocenters. The van der Waals surface area contributed by atoms with Crippen LogP contribution in [0.4, 0.5) is 0 Å². The zero-order valence-corrected chi connectivity index (χ0v) is 9.03. The van der Waals surface area contributed by atoms with E-state index in [1.54, 1.807) is 26.2 Å². The Hall–Kier alpha value is -1.83. The summed E-state index contributed by atoms with van der Waals surface area (Å²) < 4.78 is 0. The van der Waals surface area contributed by atoms with Gasteiger partial charge in [0.05, 0.1) is 12.1 Å². The van der Waals surface area contributed by atoms with Crippen LogP contribution in [0, 0.1) is 16.7 Å². The third-order valence-electron chi connectivity index (χ3n) is 2.12. The van der Waals surface area contributed by atoms with Crippen molar-refractivity contribution in [3.05, 3.63) is 18.2 Å². The molecular formula is C10H14N4O. The number of hydrogen-bond donors (Lipinski definition) is 2. The van der Waals surface area contributed by atoms with Crippen molar-refractivity contribution in [3.8, 4) is 6.07 Å². The van der Waals surface area contributed by atoms with Crippen LogP contribution in [0.15, 0.2) is 12.4 Å². The van der Waals surface area contributed by atoms with Crippen LogP contribution in [-0.2, 0) is 4.79 Å². The molecule has 2 N–H and O–H groups in total. The van der Waals surface area contributed by atoms with Crippen LogP contribution in [0.1, 0.15) is 32.6 Å². The molecule has 5 heteroatoms. The molecule has 1 unspecified atom stereocenters. The Kier molecular flexibility index (Phi) is 3.10. The first kappa shape index (κ1) is 11.2. The number of carbonyl (C=O) groups excluding carboxylic acids is 1. The van der Waals surface area contributed by atoms with Crippen LogP contribution in [0.3, 0.4) is 0 Å². The highest BCUT2D eigenvalue weighted by Crippen LogP contribution is 2.15. The van der Waals surface area contributed by atoms with E-state index < -0.39 is 5.41 Å². The summed E-state index contributed by atoms with van der Waals surface area (Å²) in [6.45, 7) is 4.97. The van der Waals surface area contributed by atoms with Crippen LogP contribution in [0.2, 0.25) is 0 Å². The van der Waals surface area contributed by atoms with E-state index >= 15 is 0 Å². The van der Waals surface area contributed by atoms with Gasteiger partial charge in [-0.2, -0.15) is 5.26 Å². The van der Waals surface area contributed by atoms with Crippen molar-refractivity contribution in [3.63, 3.8) is 0 Å². The fourth-order valence-corrected chi connectivity index (χ4v) is 1.01. The Balaban J connectivity index is 2.65. The Bertz CT molecular complexity index is 375. The second kappa shape index (κ2) is 4.13. The number of H-pyrrole nitrogens is 1. The van der Waals surface area contributed by atoms with Gasteiger partial charge in [0.2, 0.25) is 5.91 Å². The Morgan fingerprint density at radius 3 is 2.87 bits per heavy atom. The molecule has 0 aromatic carbocycles. The number of nitriles is 1. The minimum Gasteiger partial charge on any atom is -0.347 e. The molecule has 0 fully saturated rings. The Morgan fingerprint density at radius 1 is 1.73 bits per heavy atom. The van der Waals surface area contributed by atoms with Gasteiger partial charge in [0, 0.05) is 12.4 Å². The first-order valence-electron chi connectivity index (χ1n) is 4.69. The minimum absolute atomic E-state index is 0.222. The number of rotatable bonds is 3. The number of hydrogen-bond acceptors (Lipinski definition) is 3. The predicted molar refractivity (Wildman–Crippen MR) is 54.5 cm³/mol. The van der Waals surface area contributed by atoms with E-state index in [-0.39, 0.29) is 11.9 Å². The van der Waals surface area contributed by atoms with Crippen molar-refractivity contribution in [2.24, 2.45) is 5.41 Å². The molecule has 15 heavy (non-hydrogen) atoms. The summed E-state index contributed by atoms with van der Waals surface area (Å²) >= 11 is 0. The van der Waals surface area contributed by atoms with Crippen molar-refractivity contribution in [2.45, 2.75) is 26.8 Å². The average Bonchev–Trinajstić information content (AvgIpc) is 2.70. The van der Waals surface area contributed by atoms with Crippen LogP contribution < -0.4 is 5.32 Å². The van der Waals surface area contributed by atoms with Gasteiger partial charge in [-0.05, 0) is 20.8 Å². The Morgan fingerprint density at radius 2 is 2.40 bits per heavy atom. The molecule has 5 nitrogen and oxygen atoms in total. The van der Waals surface area contributed by atoms with Crippen molar-refractivity contribution in [1.29, 1.82) is 5.26 Å². The maximum absolute atomic E-state index is 11.6. The minimum atomic E-state index is -1.01. The lowest BCUT2D eigenvalue weighted by Gasteiger charge is -2.18. The van der Waals surface area contributed by atoms with Gasteiger partial charge in [0.15, 0.2) is 0 Å². The number of nitrogens with one attached hydrogen (secondary N) is 2. The second-order valence-electron chi connectivity index (χ2n) is 3.91. The molecule has 1 aromatic rings. The molecule has 0 saturated heterocycles. The smallest absolute Gasteiger partial charge is 0.240 e. The third-order valence-corrected chi connectivity index (χ3v) is 2.12. The van der Waals surface area contributed by atoms with E-state index in [9.17, 15) is 4.79 Å². The van der Waals surface area contributed by atoms with Gasteiger partial charge in [0.1, 0.15) is 11.2 Å². The second-order valence-corrected chi connectivity index (χ2v) is 3.91. The zero-order valence-electron chi connectivity index (χ0n) is 9.03. The summed E-state index contributed by atoms with van der Waals surface area (Å²) in [5.41, 5.74) is -1.01. The van der Waals surface area contributed by atoms with Gasteiger partial charge >= 0.3 is 0 Å². The topological polar surface area (TPSA) is 81.6 Å². The molecule has 0 spiro atoms. The summed E-state index contributed by atoms with van der Waals surface area (Å²) in [6.07, 6.45) is 3.31. The van der Waals surface area contributed by atoms with Crippen molar-refractivity contribution >= 4 is 5.91 Å². The molecule has 0 aliphatic heterocycles. The number of aromatic nitrogens is 2. The highest BCUT2D eigenvalue weighted by Gasteiger charge is 2.28. The number of amides is 1. The van der Waals surface area contributed by atoms with Crippen molar-refractivity contribution in [2.75, 3.05) is 0 Å². The summed E-state index contributed by atoms with van der Waals surface area (Å²) in [7, 11) is 0. The quantitative estimate of drug-likeness (QED) is 0.778. The predicted octanol–water partition coefficient (Wildman–Crippen LogP) is 1.14. The highest BCUT2D eigenvalue weighted by molar-refractivity contribution is 5.84. The van der Waals surface area contributed by atoms with E-state index in [0.717, 1.165) is 0 Å². The van der Waals surface area contributed by atoms with Crippen LogP contribution in [0.5, 0.6) is 0 Å². The standard InChI is InChI=1S/C10H14N4O/c1-7(8-12-4-5-13-8)14-9(15)10(2,3)6-11/h4-5,7H,1-3H3,(H,12,13)(H,14,15). The maximum Gasteiger partial charge on any atom is 0.240 e. The highest BCUT2D eigenvalue weighted by atomic mass is 16.2. The fourth-order valence-electron chi connectivity index (χ4n) is 1.01. The van der Waals surface area contributed by atoms with Gasteiger partial charge in [-0.25, -0.2) is 4.98 Å². The summed E-state index contributed by atoms with van der Waals surface area (Å²) in [4.78, 5) is 18.6. The summed E-state index contributed by atoms with van der Waals surface area (Å²) in [6, 6.07) is 1.73. The number of aromatic amines is 1. The van der Waals surface area contributed by atoms with Crippen LogP contribution in [-0.4, -0.2) is 15.9 Å². The van der Waals surface area contributed by atoms with Crippen LogP contribution in [0.25, 0.3) is 0 Å². The monoisotopic (exact) mass is 206 g/mol. The number of imidazole rings is 1. The zero-order chi connectivity index (χ0) is 11.5. The lowest BCUT2D eigenvalue weighted by Crippen LogP contribution is -2.37. The van der Waals surface area contributed by atoms with Crippen LogP contribution >= 0.6 is 0 Å². The van der Waals surface area contributed by atoms with Gasteiger partial charge in [-0.3, -0.25) is 4.79 Å². The largest absolute Gasteiger partial charge is 0.347 e. The molecule has 1 amide bonds. The molecule has 0 bridgehead atoms. The van der Waals surface area contributed by atoms with Gasteiger partial charge in [-0.15, -0.1) is 0 Å². The lowest BCUT2D eigenvalue weighted by molar-refractivity contribution is -0.127. The molecule has 0 saturated carbocycles. The lowest BCUT2D eigenvalue weighted by atomic mass is 9.94. The van der Waals surface area contributed by atoms with E-state index in [1.165, 1.54) is 0 Å². The molecule has 0 aliphatic carbocycles. The molecular weight excluding hydrogens is 192 g/mol. The van der Waals surface area contributed by atoms with E-state index in [2.05, 4.69) is 15.3 Å². The SMILES string of the molecule is CC(NC(=O)C(C)(C)C#N)c1ncc[nH]1. The third kappa shape index (κ3) is 2.56. The molecule has 0 aliphatic rings. The molecule has 1 rings (SSSR count). The fraction of sp³-hybridized carbons (Fsp3) is 0.500. The van der Waals surface area contributed by atoms with Crippen molar-refractivity contribution < 1.29 is 4.79 Å². The number of carbonyl (C=O) groups is 1. The molecule has 80 valence electrons. The molecule has 1 aromatic heterocycles. The average molecular weight is 206 g/mol. The number of nitrogens with zero attached hydrogens (tertiary/aromatic N) is 2. The van der Waals surface area contributed by atoms with E-state index in [0.29, 0.717) is 5.82 Å². The van der Waals surface area contributed by atoms with E-state index in [4.69, 9.17) is 5.26 Å². The van der Waals surface area contributed by atoms with Gasteiger partial charge in [0.25, 0.3) is 0 Å². The summed E-state index contributed by atoms with van der Waals surface area (Å²) in [5, 5.41) is 11.5. The summed E-state index contributed by atoms with van der Waals surface area (Å²) in [5.74, 6) is 0.381. The van der Waals surface area contributed by atoms with Gasteiger partial charge < -0.3 is 10.3 Å². The Labute approximate surface area is 88.5 Å². The van der Waals surface area contributed by atoms with Gasteiger partial charge in [-0.1, -0.05) is 0 Å². The van der Waals surface area contributed by atoms with E-state index in [1.807, 2.05) is 13.0 Å². The first-order valence-corrected chi connectivity index (χ1v) is 4.69. The maximum atomic E-state index is 11.6. The molecule has 0 radical (unpaired) electrons. The van der Waals surface area contributed by atoms with Crippen molar-refractivity contribution in [1.82, 2.24) is 15.3 Å². The molecule has 1 heterocycles. The first-order chi connectivity index (χ1) is 6.97.